The summed E-state index contributed by atoms with van der Waals surface area (Å²) in [6.45, 7) is 2.16. The second-order valence-corrected chi connectivity index (χ2v) is 10.7. The molecule has 2 nitrogen and oxygen atoms in total. The van der Waals surface area contributed by atoms with Gasteiger partial charge in [0.1, 0.15) is 5.41 Å². The van der Waals surface area contributed by atoms with Crippen molar-refractivity contribution in [3.05, 3.63) is 167 Å². The number of aromatic nitrogens is 1. The first-order valence-corrected chi connectivity index (χ1v) is 14.1. The summed E-state index contributed by atoms with van der Waals surface area (Å²) in [4.78, 5) is 10.4. The van der Waals surface area contributed by atoms with E-state index in [1.54, 1.807) is 0 Å². The van der Waals surface area contributed by atoms with Gasteiger partial charge in [-0.25, -0.2) is 0 Å². The highest BCUT2D eigenvalue weighted by atomic mass is 14.8. The molecule has 0 radical (unpaired) electrons. The average Bonchev–Trinajstić information content (AvgIpc) is 3.33. The summed E-state index contributed by atoms with van der Waals surface area (Å²) < 4.78 is 0. The molecule has 1 spiro atoms. The molecule has 2 heteroatoms. The number of hydrogen-bond acceptors (Lipinski definition) is 2. The summed E-state index contributed by atoms with van der Waals surface area (Å²) >= 11 is 0. The van der Waals surface area contributed by atoms with Crippen LogP contribution in [0.25, 0.3) is 40.1 Å². The molecule has 41 heavy (non-hydrogen) atoms. The first-order valence-electron chi connectivity index (χ1n) is 14.1. The van der Waals surface area contributed by atoms with Crippen molar-refractivity contribution in [3.63, 3.8) is 0 Å². The number of aliphatic imine (C=N–C) groups is 1. The van der Waals surface area contributed by atoms with Crippen molar-refractivity contribution in [2.24, 2.45) is 4.99 Å². The highest BCUT2D eigenvalue weighted by Crippen LogP contribution is 2.53. The number of hydrogen-bond donors (Lipinski definition) is 0. The fraction of sp³-hybridized carbons (Fsp3) is 0.0769. The molecule has 2 aliphatic rings. The number of fused-ring (bicyclic) bond motifs is 13. The second-order valence-electron chi connectivity index (χ2n) is 10.7. The highest BCUT2D eigenvalue weighted by molar-refractivity contribution is 6.13. The minimum absolute atomic E-state index is 0.651. The van der Waals surface area contributed by atoms with Crippen LogP contribution in [-0.4, -0.2) is 17.7 Å². The molecule has 7 rings (SSSR count). The van der Waals surface area contributed by atoms with E-state index in [-0.39, 0.29) is 0 Å². The molecule has 1 aromatic heterocycles. The Kier molecular flexibility index (Phi) is 6.17. The monoisotopic (exact) mass is 526 g/mol. The Balaban J connectivity index is 1.55. The minimum Gasteiger partial charge on any atom is -0.291 e. The Hall–Kier alpha value is -5.08. The van der Waals surface area contributed by atoms with Gasteiger partial charge in [-0.1, -0.05) is 115 Å². The molecule has 1 aliphatic heterocycles. The molecule has 1 aliphatic carbocycles. The van der Waals surface area contributed by atoms with Crippen LogP contribution >= 0.6 is 0 Å². The van der Waals surface area contributed by atoms with Crippen LogP contribution in [0.15, 0.2) is 138 Å². The van der Waals surface area contributed by atoms with Crippen molar-refractivity contribution < 1.29 is 0 Å². The summed E-state index contributed by atoms with van der Waals surface area (Å²) in [5.41, 5.74) is 12.9. The maximum absolute atomic E-state index is 5.41. The van der Waals surface area contributed by atoms with Gasteiger partial charge in [-0.2, -0.15) is 0 Å². The van der Waals surface area contributed by atoms with Crippen LogP contribution in [0.2, 0.25) is 0 Å². The number of pyridine rings is 1. The average molecular weight is 527 g/mol. The Morgan fingerprint density at radius 2 is 1.22 bits per heavy atom. The molecule has 0 saturated carbocycles. The largest absolute Gasteiger partial charge is 0.291 e. The molecule has 6 bridgehead atoms. The van der Waals surface area contributed by atoms with Crippen molar-refractivity contribution in [2.45, 2.75) is 12.3 Å². The van der Waals surface area contributed by atoms with E-state index < -0.39 is 5.41 Å². The van der Waals surface area contributed by atoms with E-state index in [0.29, 0.717) is 0 Å². The summed E-state index contributed by atoms with van der Waals surface area (Å²) in [6, 6.07) is 41.1. The molecular formula is C39H30N2. The lowest BCUT2D eigenvalue weighted by Crippen LogP contribution is -2.36. The first kappa shape index (κ1) is 24.9. The third kappa shape index (κ3) is 4.11. The lowest BCUT2D eigenvalue weighted by molar-refractivity contribution is 0.814. The van der Waals surface area contributed by atoms with E-state index in [4.69, 9.17) is 9.98 Å². The number of benzene rings is 4. The van der Waals surface area contributed by atoms with Crippen molar-refractivity contribution in [2.75, 3.05) is 7.05 Å². The van der Waals surface area contributed by atoms with Gasteiger partial charge in [0.2, 0.25) is 0 Å². The number of nitrogens with zero attached hydrogens (tertiary/aromatic N) is 2. The van der Waals surface area contributed by atoms with E-state index in [0.717, 1.165) is 28.2 Å². The summed E-state index contributed by atoms with van der Waals surface area (Å²) in [6.07, 6.45) is 10.8. The predicted octanol–water partition coefficient (Wildman–Crippen LogP) is 9.28. The summed E-state index contributed by atoms with van der Waals surface area (Å²) in [5.74, 6) is 0. The smallest absolute Gasteiger partial charge is 0.105 e. The zero-order chi connectivity index (χ0) is 27.8. The fourth-order valence-corrected chi connectivity index (χ4v) is 6.35. The van der Waals surface area contributed by atoms with Crippen LogP contribution in [-0.2, 0) is 5.41 Å². The Bertz CT molecular complexity index is 1870. The van der Waals surface area contributed by atoms with E-state index in [9.17, 15) is 0 Å². The van der Waals surface area contributed by atoms with E-state index >= 15 is 0 Å². The Morgan fingerprint density at radius 1 is 0.610 bits per heavy atom. The van der Waals surface area contributed by atoms with Gasteiger partial charge in [0.25, 0.3) is 0 Å². The van der Waals surface area contributed by atoms with E-state index in [2.05, 4.69) is 153 Å². The van der Waals surface area contributed by atoms with Crippen LogP contribution in [0.4, 0.5) is 0 Å². The molecule has 0 unspecified atom stereocenters. The SMILES string of the molecule is CN=C1/C=C\C=C(/C)c2cccc(c2)C=Cc2cccc(c2)-c2cccc(n2)C12c1ccccc1-c1ccccc12. The lowest BCUT2D eigenvalue weighted by atomic mass is 9.70. The molecule has 5 aromatic rings. The Morgan fingerprint density at radius 3 is 1.90 bits per heavy atom. The van der Waals surface area contributed by atoms with Crippen LogP contribution in [0, 0.1) is 0 Å². The standard InChI is InChI=1S/C39H30N2/c1-27-11-7-21-37(40-2)39(34-18-5-3-16-32(34)33-17-4-6-19-35(33)39)38-22-10-20-36(41-38)31-15-9-13-29(26-31)24-23-28-12-8-14-30(27)25-28/h3-26H,1-2H3/b21-7-,24-23?,27-11+,40-37?. The maximum atomic E-state index is 5.41. The zero-order valence-electron chi connectivity index (χ0n) is 23.3. The van der Waals surface area contributed by atoms with Gasteiger partial charge < -0.3 is 0 Å². The zero-order valence-corrected chi connectivity index (χ0v) is 23.3. The normalized spacial score (nSPS) is 17.8. The summed E-state index contributed by atoms with van der Waals surface area (Å²) in [7, 11) is 1.90. The quantitative estimate of drug-likeness (QED) is 0.197. The molecular weight excluding hydrogens is 496 g/mol. The van der Waals surface area contributed by atoms with E-state index in [1.165, 1.54) is 39.0 Å². The molecule has 196 valence electrons. The first-order chi connectivity index (χ1) is 20.2. The second kappa shape index (κ2) is 10.1. The lowest BCUT2D eigenvalue weighted by Gasteiger charge is -2.32. The number of allylic oxidation sites excluding steroid dienone is 4. The minimum atomic E-state index is -0.651. The fourth-order valence-electron chi connectivity index (χ4n) is 6.35. The van der Waals surface area contributed by atoms with Gasteiger partial charge in [-0.3, -0.25) is 9.98 Å². The van der Waals surface area contributed by atoms with Crippen LogP contribution in [0.3, 0.4) is 0 Å². The van der Waals surface area contributed by atoms with Crippen molar-refractivity contribution in [1.29, 1.82) is 0 Å². The molecule has 0 atom stereocenters. The molecule has 0 N–H and O–H groups in total. The highest BCUT2D eigenvalue weighted by Gasteiger charge is 2.48. The van der Waals surface area contributed by atoms with Crippen LogP contribution < -0.4 is 0 Å². The van der Waals surface area contributed by atoms with Crippen molar-refractivity contribution in [3.8, 4) is 22.4 Å². The Labute approximate surface area is 241 Å². The predicted molar refractivity (Wildman–Crippen MR) is 173 cm³/mol. The van der Waals surface area contributed by atoms with Gasteiger partial charge in [0.15, 0.2) is 0 Å². The molecule has 4 aromatic carbocycles. The topological polar surface area (TPSA) is 25.2 Å². The van der Waals surface area contributed by atoms with Crippen LogP contribution in [0.5, 0.6) is 0 Å². The molecule has 0 amide bonds. The van der Waals surface area contributed by atoms with Gasteiger partial charge >= 0.3 is 0 Å². The third-order valence-corrected chi connectivity index (χ3v) is 8.30. The molecule has 2 heterocycles. The van der Waals surface area contributed by atoms with Gasteiger partial charge in [-0.15, -0.1) is 0 Å². The van der Waals surface area contributed by atoms with Crippen molar-refractivity contribution in [1.82, 2.24) is 4.98 Å². The maximum Gasteiger partial charge on any atom is 0.105 e. The van der Waals surface area contributed by atoms with Crippen LogP contribution in [0.1, 0.15) is 40.4 Å². The molecule has 0 saturated heterocycles. The third-order valence-electron chi connectivity index (χ3n) is 8.30. The van der Waals surface area contributed by atoms with Crippen molar-refractivity contribution >= 4 is 23.4 Å². The van der Waals surface area contributed by atoms with Gasteiger partial charge in [0, 0.05) is 12.6 Å². The summed E-state index contributed by atoms with van der Waals surface area (Å²) in [5, 5.41) is 0. The van der Waals surface area contributed by atoms with E-state index in [1.807, 2.05) is 7.05 Å². The molecule has 0 fully saturated rings. The van der Waals surface area contributed by atoms with Gasteiger partial charge in [-0.05, 0) is 81.8 Å². The number of rotatable bonds is 0. The van der Waals surface area contributed by atoms with Gasteiger partial charge in [0.05, 0.1) is 17.1 Å².